The molecule has 0 aliphatic carbocycles. The maximum absolute atomic E-state index is 11.4. The number of sulfonamides is 1. The van der Waals surface area contributed by atoms with E-state index in [0.29, 0.717) is 12.5 Å². The summed E-state index contributed by atoms with van der Waals surface area (Å²) in [6, 6.07) is 0. The topological polar surface area (TPSA) is 66.4 Å². The highest BCUT2D eigenvalue weighted by molar-refractivity contribution is 7.88. The van der Waals surface area contributed by atoms with Crippen molar-refractivity contribution in [2.45, 2.75) is 19.8 Å². The Morgan fingerprint density at radius 1 is 1.37 bits per heavy atom. The summed E-state index contributed by atoms with van der Waals surface area (Å²) in [5, 5.41) is 10.1. The first-order valence-electron chi connectivity index (χ1n) is 6.32. The largest absolute Gasteiger partial charge is 0.347 e. The minimum atomic E-state index is -3.07. The van der Waals surface area contributed by atoms with E-state index >= 15 is 0 Å². The second-order valence-corrected chi connectivity index (χ2v) is 8.33. The molecule has 6 nitrogen and oxygen atoms in total. The van der Waals surface area contributed by atoms with E-state index < -0.39 is 10.0 Å². The van der Waals surface area contributed by atoms with Crippen LogP contribution < -0.4 is 4.90 Å². The van der Waals surface area contributed by atoms with Gasteiger partial charge in [0.15, 0.2) is 0 Å². The van der Waals surface area contributed by atoms with Crippen molar-refractivity contribution in [2.24, 2.45) is 5.92 Å². The second kappa shape index (κ2) is 5.72. The second-order valence-electron chi connectivity index (χ2n) is 5.08. The summed E-state index contributed by atoms with van der Waals surface area (Å²) in [7, 11) is -1.42. The quantitative estimate of drug-likeness (QED) is 0.829. The van der Waals surface area contributed by atoms with Crippen molar-refractivity contribution < 1.29 is 8.42 Å². The van der Waals surface area contributed by atoms with Crippen LogP contribution >= 0.6 is 11.3 Å². The normalized spacial score (nSPS) is 18.2. The fourth-order valence-corrected chi connectivity index (χ4v) is 3.44. The molecular weight excluding hydrogens is 284 g/mol. The standard InChI is InChI=1S/C11H20N4O2S2/c1-9-12-13-11(18-9)15-6-4-10(5-7-15)8-14(2)19(3,16)17/h10H,4-8H2,1-3H3. The molecule has 0 radical (unpaired) electrons. The van der Waals surface area contributed by atoms with Crippen LogP contribution in [-0.4, -0.2) is 55.9 Å². The molecule has 19 heavy (non-hydrogen) atoms. The van der Waals surface area contributed by atoms with E-state index in [1.807, 2.05) is 6.92 Å². The molecule has 1 aliphatic heterocycles. The predicted octanol–water partition coefficient (Wildman–Crippen LogP) is 0.954. The van der Waals surface area contributed by atoms with Crippen molar-refractivity contribution in [3.8, 4) is 0 Å². The number of rotatable bonds is 4. The van der Waals surface area contributed by atoms with Gasteiger partial charge in [0.1, 0.15) is 5.01 Å². The van der Waals surface area contributed by atoms with Crippen LogP contribution in [0, 0.1) is 12.8 Å². The van der Waals surface area contributed by atoms with E-state index in [1.54, 1.807) is 18.4 Å². The van der Waals surface area contributed by atoms with Gasteiger partial charge in [-0.3, -0.25) is 0 Å². The van der Waals surface area contributed by atoms with E-state index in [4.69, 9.17) is 0 Å². The summed E-state index contributed by atoms with van der Waals surface area (Å²) in [5.41, 5.74) is 0. The van der Waals surface area contributed by atoms with Gasteiger partial charge in [0.05, 0.1) is 6.26 Å². The molecule has 0 amide bonds. The molecule has 0 unspecified atom stereocenters. The average Bonchev–Trinajstić information content (AvgIpc) is 2.75. The van der Waals surface area contributed by atoms with Crippen LogP contribution in [-0.2, 0) is 10.0 Å². The first-order valence-corrected chi connectivity index (χ1v) is 8.99. The van der Waals surface area contributed by atoms with Gasteiger partial charge in [-0.15, -0.1) is 10.2 Å². The van der Waals surface area contributed by atoms with Crippen molar-refractivity contribution in [3.63, 3.8) is 0 Å². The molecular formula is C11H20N4O2S2. The number of hydrogen-bond acceptors (Lipinski definition) is 6. The molecule has 1 aliphatic rings. The van der Waals surface area contributed by atoms with Crippen LogP contribution in [0.15, 0.2) is 0 Å². The Bertz CT molecular complexity index is 521. The first-order chi connectivity index (χ1) is 8.86. The summed E-state index contributed by atoms with van der Waals surface area (Å²) in [4.78, 5) is 2.24. The smallest absolute Gasteiger partial charge is 0.210 e. The van der Waals surface area contributed by atoms with Gasteiger partial charge in [-0.2, -0.15) is 0 Å². The Morgan fingerprint density at radius 2 is 2.00 bits per heavy atom. The van der Waals surface area contributed by atoms with Crippen LogP contribution in [0.3, 0.4) is 0 Å². The molecule has 2 heterocycles. The van der Waals surface area contributed by atoms with Gasteiger partial charge in [0.2, 0.25) is 15.2 Å². The number of aromatic nitrogens is 2. The third-order valence-corrected chi connectivity index (χ3v) is 5.66. The Hall–Kier alpha value is -0.730. The molecule has 1 aromatic heterocycles. The maximum atomic E-state index is 11.4. The van der Waals surface area contributed by atoms with E-state index in [9.17, 15) is 8.42 Å². The van der Waals surface area contributed by atoms with Crippen molar-refractivity contribution in [3.05, 3.63) is 5.01 Å². The lowest BCUT2D eigenvalue weighted by Gasteiger charge is -2.32. The lowest BCUT2D eigenvalue weighted by Crippen LogP contribution is -2.39. The van der Waals surface area contributed by atoms with Gasteiger partial charge in [0.25, 0.3) is 0 Å². The molecule has 0 saturated carbocycles. The molecule has 0 spiro atoms. The number of nitrogens with zero attached hydrogens (tertiary/aromatic N) is 4. The molecule has 0 N–H and O–H groups in total. The summed E-state index contributed by atoms with van der Waals surface area (Å²) >= 11 is 1.61. The third-order valence-electron chi connectivity index (χ3n) is 3.48. The lowest BCUT2D eigenvalue weighted by molar-refractivity contribution is 0.329. The van der Waals surface area contributed by atoms with Gasteiger partial charge in [-0.25, -0.2) is 12.7 Å². The van der Waals surface area contributed by atoms with Crippen molar-refractivity contribution >= 4 is 26.5 Å². The van der Waals surface area contributed by atoms with Crippen molar-refractivity contribution in [2.75, 3.05) is 37.8 Å². The van der Waals surface area contributed by atoms with E-state index in [-0.39, 0.29) is 0 Å². The molecule has 0 bridgehead atoms. The summed E-state index contributed by atoms with van der Waals surface area (Å²) in [6.07, 6.45) is 3.25. The minimum Gasteiger partial charge on any atom is -0.347 e. The monoisotopic (exact) mass is 304 g/mol. The van der Waals surface area contributed by atoms with E-state index in [1.165, 1.54) is 10.6 Å². The maximum Gasteiger partial charge on any atom is 0.210 e. The van der Waals surface area contributed by atoms with Crippen molar-refractivity contribution in [1.82, 2.24) is 14.5 Å². The summed E-state index contributed by atoms with van der Waals surface area (Å²) < 4.78 is 24.2. The van der Waals surface area contributed by atoms with E-state index in [2.05, 4.69) is 15.1 Å². The number of aryl methyl sites for hydroxylation is 1. The summed E-state index contributed by atoms with van der Waals surface area (Å²) in [6.45, 7) is 4.42. The Labute approximate surface area is 118 Å². The molecule has 1 saturated heterocycles. The number of piperidine rings is 1. The number of anilines is 1. The molecule has 0 aromatic carbocycles. The van der Waals surface area contributed by atoms with Gasteiger partial charge in [-0.1, -0.05) is 11.3 Å². The zero-order valence-electron chi connectivity index (χ0n) is 11.5. The Morgan fingerprint density at radius 3 is 2.47 bits per heavy atom. The summed E-state index contributed by atoms with van der Waals surface area (Å²) in [5.74, 6) is 0.435. The zero-order valence-corrected chi connectivity index (χ0v) is 13.2. The molecule has 2 rings (SSSR count). The highest BCUT2D eigenvalue weighted by Gasteiger charge is 2.24. The SMILES string of the molecule is Cc1nnc(N2CCC(CN(C)S(C)(=O)=O)CC2)s1. The van der Waals surface area contributed by atoms with Crippen LogP contribution in [0.2, 0.25) is 0 Å². The number of hydrogen-bond donors (Lipinski definition) is 0. The average molecular weight is 304 g/mol. The van der Waals surface area contributed by atoms with Crippen LogP contribution in [0.1, 0.15) is 17.8 Å². The van der Waals surface area contributed by atoms with Crippen LogP contribution in [0.25, 0.3) is 0 Å². The van der Waals surface area contributed by atoms with Gasteiger partial charge in [0, 0.05) is 26.7 Å². The van der Waals surface area contributed by atoms with E-state index in [0.717, 1.165) is 36.1 Å². The van der Waals surface area contributed by atoms with Gasteiger partial charge >= 0.3 is 0 Å². The molecule has 1 fully saturated rings. The van der Waals surface area contributed by atoms with Crippen molar-refractivity contribution in [1.29, 1.82) is 0 Å². The molecule has 0 atom stereocenters. The van der Waals surface area contributed by atoms with Crippen LogP contribution in [0.5, 0.6) is 0 Å². The van der Waals surface area contributed by atoms with Gasteiger partial charge < -0.3 is 4.90 Å². The minimum absolute atomic E-state index is 0.435. The highest BCUT2D eigenvalue weighted by Crippen LogP contribution is 2.26. The zero-order chi connectivity index (χ0) is 14.0. The van der Waals surface area contributed by atoms with Gasteiger partial charge in [-0.05, 0) is 25.7 Å². The molecule has 1 aromatic rings. The fraction of sp³-hybridized carbons (Fsp3) is 0.818. The fourth-order valence-electron chi connectivity index (χ4n) is 2.22. The third kappa shape index (κ3) is 3.87. The predicted molar refractivity (Wildman–Crippen MR) is 77.1 cm³/mol. The first kappa shape index (κ1) is 14.7. The Balaban J connectivity index is 1.86. The highest BCUT2D eigenvalue weighted by atomic mass is 32.2. The van der Waals surface area contributed by atoms with Crippen LogP contribution in [0.4, 0.5) is 5.13 Å². The molecule has 108 valence electrons. The lowest BCUT2D eigenvalue weighted by atomic mass is 9.97. The Kier molecular flexibility index (Phi) is 4.42. The molecule has 8 heteroatoms.